The lowest BCUT2D eigenvalue weighted by Crippen LogP contribution is -2.10. The van der Waals surface area contributed by atoms with Gasteiger partial charge in [-0.2, -0.15) is 0 Å². The average molecular weight is 779 g/mol. The lowest BCUT2D eigenvalue weighted by molar-refractivity contribution is 0.636. The van der Waals surface area contributed by atoms with Crippen molar-refractivity contribution in [2.75, 3.05) is 4.90 Å². The second-order valence-corrected chi connectivity index (χ2v) is 15.7. The van der Waals surface area contributed by atoms with Gasteiger partial charge in [0.1, 0.15) is 11.3 Å². The molecule has 0 spiro atoms. The smallest absolute Gasteiger partial charge is 0.143 e. The Hall–Kier alpha value is -8.14. The zero-order valence-corrected chi connectivity index (χ0v) is 33.2. The van der Waals surface area contributed by atoms with E-state index in [1.807, 2.05) is 0 Å². The van der Waals surface area contributed by atoms with Gasteiger partial charge in [-0.1, -0.05) is 170 Å². The molecule has 0 fully saturated rings. The van der Waals surface area contributed by atoms with Crippen LogP contribution in [-0.2, 0) is 0 Å². The van der Waals surface area contributed by atoms with Crippen molar-refractivity contribution in [2.45, 2.75) is 0 Å². The third kappa shape index (κ3) is 5.74. The number of furan rings is 1. The maximum Gasteiger partial charge on any atom is 0.143 e. The summed E-state index contributed by atoms with van der Waals surface area (Å²) < 4.78 is 9.39. The van der Waals surface area contributed by atoms with Crippen molar-refractivity contribution in [3.63, 3.8) is 0 Å². The summed E-state index contributed by atoms with van der Waals surface area (Å²) in [6.45, 7) is 0. The molecule has 286 valence electrons. The van der Waals surface area contributed by atoms with Gasteiger partial charge in [-0.3, -0.25) is 0 Å². The van der Waals surface area contributed by atoms with Crippen molar-refractivity contribution in [3.05, 3.63) is 231 Å². The standard InChI is InChI=1S/C58H38N2O/c1-4-16-39(17-5-1)40-28-32-44(33-29-40)59(46-36-37-54-52(38-46)49-24-14-15-27-53(49)60(54)43-20-8-3-9-21-43)45-34-30-41(31-35-45)55-56-50-25-12-10-22-47(50)48-23-11-13-26-51(48)58(56)61-57(55)42-18-6-2-7-19-42/h1-38H. The number of hydrogen-bond donors (Lipinski definition) is 0. The van der Waals surface area contributed by atoms with E-state index in [0.717, 1.165) is 61.6 Å². The zero-order valence-electron chi connectivity index (χ0n) is 33.2. The average Bonchev–Trinajstić information content (AvgIpc) is 3.90. The lowest BCUT2D eigenvalue weighted by atomic mass is 9.92. The van der Waals surface area contributed by atoms with Gasteiger partial charge in [0, 0.05) is 55.4 Å². The van der Waals surface area contributed by atoms with E-state index in [1.54, 1.807) is 0 Å². The summed E-state index contributed by atoms with van der Waals surface area (Å²) in [7, 11) is 0. The van der Waals surface area contributed by atoms with Crippen molar-refractivity contribution < 1.29 is 4.42 Å². The van der Waals surface area contributed by atoms with E-state index in [4.69, 9.17) is 4.42 Å². The highest BCUT2D eigenvalue weighted by Gasteiger charge is 2.24. The maximum absolute atomic E-state index is 7.02. The summed E-state index contributed by atoms with van der Waals surface area (Å²) in [4.78, 5) is 2.38. The Balaban J connectivity index is 1.06. The highest BCUT2D eigenvalue weighted by molar-refractivity contribution is 6.28. The Labute approximate surface area is 353 Å². The Bertz CT molecular complexity index is 3550. The van der Waals surface area contributed by atoms with Gasteiger partial charge in [0.05, 0.1) is 11.0 Å². The van der Waals surface area contributed by atoms with Crippen LogP contribution in [0.2, 0.25) is 0 Å². The molecule has 61 heavy (non-hydrogen) atoms. The second-order valence-electron chi connectivity index (χ2n) is 15.7. The fourth-order valence-corrected chi connectivity index (χ4v) is 9.41. The van der Waals surface area contributed by atoms with Crippen LogP contribution in [0.3, 0.4) is 0 Å². The van der Waals surface area contributed by atoms with Crippen molar-refractivity contribution in [1.82, 2.24) is 4.57 Å². The minimum absolute atomic E-state index is 0.874. The molecule has 0 saturated carbocycles. The van der Waals surface area contributed by atoms with Gasteiger partial charge >= 0.3 is 0 Å². The predicted molar refractivity (Wildman–Crippen MR) is 257 cm³/mol. The molecular formula is C58H38N2O. The van der Waals surface area contributed by atoms with E-state index < -0.39 is 0 Å². The normalized spacial score (nSPS) is 11.6. The van der Waals surface area contributed by atoms with Gasteiger partial charge in [0.2, 0.25) is 0 Å². The van der Waals surface area contributed by atoms with Crippen LogP contribution in [0.25, 0.3) is 93.6 Å². The molecule has 2 heterocycles. The number of aromatic nitrogens is 1. The van der Waals surface area contributed by atoms with E-state index in [-0.39, 0.29) is 0 Å². The van der Waals surface area contributed by atoms with Crippen LogP contribution in [0.15, 0.2) is 235 Å². The summed E-state index contributed by atoms with van der Waals surface area (Å²) in [6, 6.07) is 82.7. The number of nitrogens with zero attached hydrogens (tertiary/aromatic N) is 2. The maximum atomic E-state index is 7.02. The fraction of sp³-hybridized carbons (Fsp3) is 0. The monoisotopic (exact) mass is 778 g/mol. The first-order chi connectivity index (χ1) is 30.3. The molecule has 0 N–H and O–H groups in total. The molecule has 2 aromatic heterocycles. The Morgan fingerprint density at radius 1 is 0.328 bits per heavy atom. The number of anilines is 3. The van der Waals surface area contributed by atoms with E-state index in [2.05, 4.69) is 240 Å². The van der Waals surface area contributed by atoms with Crippen LogP contribution in [0, 0.1) is 0 Å². The predicted octanol–water partition coefficient (Wildman–Crippen LogP) is 16.3. The van der Waals surface area contributed by atoms with Crippen LogP contribution in [-0.4, -0.2) is 4.57 Å². The largest absolute Gasteiger partial charge is 0.455 e. The van der Waals surface area contributed by atoms with Crippen LogP contribution in [0.5, 0.6) is 0 Å². The molecule has 0 atom stereocenters. The first-order valence-electron chi connectivity index (χ1n) is 20.8. The van der Waals surface area contributed by atoms with Gasteiger partial charge in [-0.05, 0) is 93.5 Å². The van der Waals surface area contributed by atoms with Gasteiger partial charge in [0.15, 0.2) is 0 Å². The molecule has 0 aliphatic heterocycles. The zero-order chi connectivity index (χ0) is 40.3. The second kappa shape index (κ2) is 14.3. The van der Waals surface area contributed by atoms with E-state index in [0.29, 0.717) is 0 Å². The van der Waals surface area contributed by atoms with Crippen LogP contribution in [0.4, 0.5) is 17.1 Å². The number of benzene rings is 10. The quantitative estimate of drug-likeness (QED) is 0.150. The molecule has 10 aromatic carbocycles. The molecule has 0 unspecified atom stereocenters. The minimum atomic E-state index is 0.874. The summed E-state index contributed by atoms with van der Waals surface area (Å²) in [6.07, 6.45) is 0. The van der Waals surface area contributed by atoms with Crippen molar-refractivity contribution in [3.8, 4) is 39.3 Å². The van der Waals surface area contributed by atoms with Gasteiger partial charge in [-0.25, -0.2) is 0 Å². The SMILES string of the molecule is c1ccc(-c2ccc(N(c3ccc(-c4c(-c5ccccc5)oc5c6ccccc6c6ccccc6c45)cc3)c3ccc4c(c3)c3ccccc3n4-c3ccccc3)cc2)cc1. The number of hydrogen-bond acceptors (Lipinski definition) is 2. The molecular weight excluding hydrogens is 741 g/mol. The van der Waals surface area contributed by atoms with Crippen molar-refractivity contribution in [1.29, 1.82) is 0 Å². The van der Waals surface area contributed by atoms with Gasteiger partial charge in [0.25, 0.3) is 0 Å². The molecule has 0 aliphatic rings. The van der Waals surface area contributed by atoms with Crippen molar-refractivity contribution in [2.24, 2.45) is 0 Å². The number of rotatable bonds is 7. The fourth-order valence-electron chi connectivity index (χ4n) is 9.41. The topological polar surface area (TPSA) is 21.3 Å². The van der Waals surface area contributed by atoms with E-state index in [1.165, 1.54) is 49.1 Å². The molecule has 0 saturated heterocycles. The first kappa shape index (κ1) is 34.9. The Morgan fingerprint density at radius 2 is 0.803 bits per heavy atom. The highest BCUT2D eigenvalue weighted by atomic mass is 16.3. The molecule has 3 nitrogen and oxygen atoms in total. The summed E-state index contributed by atoms with van der Waals surface area (Å²) in [5.41, 5.74) is 13.3. The van der Waals surface area contributed by atoms with Crippen molar-refractivity contribution >= 4 is 71.4 Å². The van der Waals surface area contributed by atoms with Gasteiger partial charge < -0.3 is 13.9 Å². The minimum Gasteiger partial charge on any atom is -0.455 e. The molecule has 0 amide bonds. The molecule has 0 radical (unpaired) electrons. The van der Waals surface area contributed by atoms with Crippen LogP contribution >= 0.6 is 0 Å². The molecule has 0 bridgehead atoms. The first-order valence-corrected chi connectivity index (χ1v) is 20.8. The van der Waals surface area contributed by atoms with Gasteiger partial charge in [-0.15, -0.1) is 0 Å². The van der Waals surface area contributed by atoms with Crippen LogP contribution in [0.1, 0.15) is 0 Å². The lowest BCUT2D eigenvalue weighted by Gasteiger charge is -2.26. The number of para-hydroxylation sites is 2. The molecule has 12 aromatic rings. The molecule has 0 aliphatic carbocycles. The summed E-state index contributed by atoms with van der Waals surface area (Å²) in [5.74, 6) is 0.874. The number of fused-ring (bicyclic) bond motifs is 9. The summed E-state index contributed by atoms with van der Waals surface area (Å²) in [5, 5.41) is 8.27. The van der Waals surface area contributed by atoms with E-state index in [9.17, 15) is 0 Å². The highest BCUT2D eigenvalue weighted by Crippen LogP contribution is 2.48. The molecule has 3 heteroatoms. The molecule has 12 rings (SSSR count). The third-order valence-electron chi connectivity index (χ3n) is 12.2. The summed E-state index contributed by atoms with van der Waals surface area (Å²) >= 11 is 0. The third-order valence-corrected chi connectivity index (χ3v) is 12.2. The van der Waals surface area contributed by atoms with E-state index >= 15 is 0 Å². The Morgan fingerprint density at radius 3 is 1.48 bits per heavy atom. The Kier molecular flexibility index (Phi) is 8.17. The van der Waals surface area contributed by atoms with Crippen LogP contribution < -0.4 is 4.90 Å².